The van der Waals surface area contributed by atoms with Crippen molar-refractivity contribution in [2.45, 2.75) is 10.3 Å². The van der Waals surface area contributed by atoms with E-state index < -0.39 is 0 Å². The Bertz CT molecular complexity index is 395. The van der Waals surface area contributed by atoms with E-state index in [2.05, 4.69) is 36.7 Å². The number of benzene rings is 1. The Hall–Kier alpha value is -1.41. The highest BCUT2D eigenvalue weighted by Gasteiger charge is 2.21. The topological polar surface area (TPSA) is 12.0 Å². The molecule has 1 aliphatic heterocycles. The van der Waals surface area contributed by atoms with E-state index in [0.29, 0.717) is 0 Å². The Labute approximate surface area is 94.6 Å². The van der Waals surface area contributed by atoms with E-state index in [1.807, 2.05) is 18.2 Å². The lowest BCUT2D eigenvalue weighted by Crippen LogP contribution is -2.10. The van der Waals surface area contributed by atoms with Gasteiger partial charge in [0.2, 0.25) is 0 Å². The first-order chi connectivity index (χ1) is 7.31. The Morgan fingerprint density at radius 1 is 1.40 bits per heavy atom. The summed E-state index contributed by atoms with van der Waals surface area (Å²) in [7, 11) is 0. The van der Waals surface area contributed by atoms with E-state index >= 15 is 0 Å². The van der Waals surface area contributed by atoms with Crippen LogP contribution < -0.4 is 5.32 Å². The van der Waals surface area contributed by atoms with Crippen molar-refractivity contribution < 1.29 is 0 Å². The van der Waals surface area contributed by atoms with Crippen molar-refractivity contribution in [3.8, 4) is 0 Å². The van der Waals surface area contributed by atoms with Crippen molar-refractivity contribution in [2.24, 2.45) is 0 Å². The molecule has 1 heterocycles. The standard InChI is InChI=1S/C13H13NS/c1-3-4-7-10(2)13-14-11-8-5-6-9-12(11)15-13/h3-9,13-14H,1-2H2/b7-4-. The minimum absolute atomic E-state index is 0.249. The first kappa shape index (κ1) is 10.1. The van der Waals surface area contributed by atoms with E-state index in [9.17, 15) is 0 Å². The number of nitrogens with one attached hydrogen (secondary N) is 1. The molecule has 15 heavy (non-hydrogen) atoms. The molecule has 1 atom stereocenters. The second-order valence-electron chi connectivity index (χ2n) is 3.31. The van der Waals surface area contributed by atoms with Gasteiger partial charge in [0.25, 0.3) is 0 Å². The van der Waals surface area contributed by atoms with Crippen LogP contribution in [-0.4, -0.2) is 5.37 Å². The molecule has 0 fully saturated rings. The van der Waals surface area contributed by atoms with Crippen LogP contribution in [0.3, 0.4) is 0 Å². The summed E-state index contributed by atoms with van der Waals surface area (Å²) in [5.41, 5.74) is 2.26. The molecule has 0 amide bonds. The van der Waals surface area contributed by atoms with Gasteiger partial charge < -0.3 is 5.32 Å². The highest BCUT2D eigenvalue weighted by molar-refractivity contribution is 8.00. The second kappa shape index (κ2) is 4.41. The van der Waals surface area contributed by atoms with Gasteiger partial charge in [0, 0.05) is 10.6 Å². The Balaban J connectivity index is 2.10. The van der Waals surface area contributed by atoms with Gasteiger partial charge in [-0.05, 0) is 17.7 Å². The maximum absolute atomic E-state index is 4.04. The Morgan fingerprint density at radius 2 is 2.20 bits per heavy atom. The van der Waals surface area contributed by atoms with Crippen molar-refractivity contribution in [3.63, 3.8) is 0 Å². The van der Waals surface area contributed by atoms with Crippen LogP contribution in [0.15, 0.2) is 66.1 Å². The van der Waals surface area contributed by atoms with Gasteiger partial charge in [-0.2, -0.15) is 0 Å². The molecule has 0 spiro atoms. The normalized spacial score (nSPS) is 18.5. The highest BCUT2D eigenvalue weighted by atomic mass is 32.2. The zero-order valence-electron chi connectivity index (χ0n) is 8.44. The van der Waals surface area contributed by atoms with E-state index in [4.69, 9.17) is 0 Å². The van der Waals surface area contributed by atoms with E-state index in [1.54, 1.807) is 17.8 Å². The van der Waals surface area contributed by atoms with Gasteiger partial charge in [-0.1, -0.05) is 55.3 Å². The van der Waals surface area contributed by atoms with Crippen LogP contribution in [0.1, 0.15) is 0 Å². The highest BCUT2D eigenvalue weighted by Crippen LogP contribution is 2.40. The molecule has 1 aromatic rings. The molecule has 0 saturated carbocycles. The van der Waals surface area contributed by atoms with Crippen LogP contribution in [0, 0.1) is 0 Å². The van der Waals surface area contributed by atoms with Gasteiger partial charge in [0.1, 0.15) is 5.37 Å². The molecule has 2 heteroatoms. The fourth-order valence-corrected chi connectivity index (χ4v) is 2.51. The van der Waals surface area contributed by atoms with Crippen molar-refractivity contribution in [1.82, 2.24) is 0 Å². The molecule has 0 saturated heterocycles. The average molecular weight is 215 g/mol. The molecule has 1 nitrogen and oxygen atoms in total. The van der Waals surface area contributed by atoms with Crippen molar-refractivity contribution in [2.75, 3.05) is 5.32 Å². The van der Waals surface area contributed by atoms with E-state index in [1.165, 1.54) is 10.6 Å². The maximum Gasteiger partial charge on any atom is 0.102 e. The van der Waals surface area contributed by atoms with Gasteiger partial charge in [-0.3, -0.25) is 0 Å². The monoisotopic (exact) mass is 215 g/mol. The maximum atomic E-state index is 4.04. The summed E-state index contributed by atoms with van der Waals surface area (Å²) < 4.78 is 0. The number of hydrogen-bond acceptors (Lipinski definition) is 2. The minimum Gasteiger partial charge on any atom is -0.368 e. The molecule has 1 aromatic carbocycles. The van der Waals surface area contributed by atoms with E-state index in [0.717, 1.165) is 5.57 Å². The quantitative estimate of drug-likeness (QED) is 0.769. The van der Waals surface area contributed by atoms with Gasteiger partial charge in [-0.15, -0.1) is 0 Å². The van der Waals surface area contributed by atoms with Gasteiger partial charge >= 0.3 is 0 Å². The zero-order valence-corrected chi connectivity index (χ0v) is 9.26. The number of rotatable bonds is 3. The Morgan fingerprint density at radius 3 is 2.93 bits per heavy atom. The zero-order chi connectivity index (χ0) is 10.7. The summed E-state index contributed by atoms with van der Waals surface area (Å²) in [6.07, 6.45) is 5.66. The largest absolute Gasteiger partial charge is 0.368 e. The van der Waals surface area contributed by atoms with Crippen LogP contribution in [0.5, 0.6) is 0 Å². The number of anilines is 1. The lowest BCUT2D eigenvalue weighted by molar-refractivity contribution is 1.21. The first-order valence-electron chi connectivity index (χ1n) is 4.81. The number of allylic oxidation sites excluding steroid dienone is 2. The van der Waals surface area contributed by atoms with Crippen molar-refractivity contribution in [3.05, 3.63) is 61.2 Å². The second-order valence-corrected chi connectivity index (χ2v) is 4.46. The van der Waals surface area contributed by atoms with Crippen LogP contribution in [0.4, 0.5) is 5.69 Å². The number of thioether (sulfide) groups is 1. The summed E-state index contributed by atoms with van der Waals surface area (Å²) >= 11 is 1.80. The summed E-state index contributed by atoms with van der Waals surface area (Å²) in [4.78, 5) is 1.29. The molecular formula is C13H13NS. The van der Waals surface area contributed by atoms with Crippen LogP contribution in [0.25, 0.3) is 0 Å². The number of fused-ring (bicyclic) bond motifs is 1. The fourth-order valence-electron chi connectivity index (χ4n) is 1.43. The predicted molar refractivity (Wildman–Crippen MR) is 68.2 cm³/mol. The SMILES string of the molecule is C=C/C=C\C(=C)C1Nc2ccccc2S1. The number of hydrogen-bond donors (Lipinski definition) is 1. The van der Waals surface area contributed by atoms with Gasteiger partial charge in [-0.25, -0.2) is 0 Å². The fraction of sp³-hybridized carbons (Fsp3) is 0.0769. The molecule has 1 unspecified atom stereocenters. The minimum atomic E-state index is 0.249. The number of para-hydroxylation sites is 1. The van der Waals surface area contributed by atoms with E-state index in [-0.39, 0.29) is 5.37 Å². The molecule has 0 aromatic heterocycles. The van der Waals surface area contributed by atoms with Gasteiger partial charge in [0.05, 0.1) is 0 Å². The molecule has 2 rings (SSSR count). The van der Waals surface area contributed by atoms with Crippen LogP contribution in [-0.2, 0) is 0 Å². The predicted octanol–water partition coefficient (Wildman–Crippen LogP) is 3.83. The Kier molecular flexibility index (Phi) is 2.97. The summed E-state index contributed by atoms with van der Waals surface area (Å²) in [5.74, 6) is 0. The van der Waals surface area contributed by atoms with Gasteiger partial charge in [0.15, 0.2) is 0 Å². The molecule has 0 bridgehead atoms. The van der Waals surface area contributed by atoms with Crippen molar-refractivity contribution >= 4 is 17.4 Å². The third-order valence-electron chi connectivity index (χ3n) is 2.20. The first-order valence-corrected chi connectivity index (χ1v) is 5.69. The molecule has 76 valence electrons. The van der Waals surface area contributed by atoms with Crippen LogP contribution in [0.2, 0.25) is 0 Å². The smallest absolute Gasteiger partial charge is 0.102 e. The lowest BCUT2D eigenvalue weighted by atomic mass is 10.2. The lowest BCUT2D eigenvalue weighted by Gasteiger charge is -2.09. The third kappa shape index (κ3) is 2.16. The van der Waals surface area contributed by atoms with Crippen LogP contribution >= 0.6 is 11.8 Å². The molecule has 1 N–H and O–H groups in total. The molecule has 1 aliphatic rings. The average Bonchev–Trinajstić information content (AvgIpc) is 2.69. The molecule has 0 aliphatic carbocycles. The van der Waals surface area contributed by atoms with Crippen molar-refractivity contribution in [1.29, 1.82) is 0 Å². The molecular weight excluding hydrogens is 202 g/mol. The summed E-state index contributed by atoms with van der Waals surface area (Å²) in [6, 6.07) is 8.31. The summed E-state index contributed by atoms with van der Waals surface area (Å²) in [5, 5.41) is 3.67. The summed E-state index contributed by atoms with van der Waals surface area (Å²) in [6.45, 7) is 7.68. The third-order valence-corrected chi connectivity index (χ3v) is 3.47. The molecule has 0 radical (unpaired) electrons.